The first-order chi connectivity index (χ1) is 21.5. The molecule has 2 amide bonds. The van der Waals surface area contributed by atoms with Crippen LogP contribution in [-0.2, 0) is 32.6 Å². The lowest BCUT2D eigenvalue weighted by Gasteiger charge is -2.34. The van der Waals surface area contributed by atoms with Gasteiger partial charge in [0.1, 0.15) is 12.6 Å². The van der Waals surface area contributed by atoms with Gasteiger partial charge in [-0.1, -0.05) is 107 Å². The van der Waals surface area contributed by atoms with E-state index in [4.69, 9.17) is 0 Å². The third-order valence-corrected chi connectivity index (χ3v) is 9.97. The molecule has 0 bridgehead atoms. The maximum absolute atomic E-state index is 14.6. The predicted octanol–water partition coefficient (Wildman–Crippen LogP) is 6.82. The van der Waals surface area contributed by atoms with Crippen molar-refractivity contribution in [3.8, 4) is 0 Å². The molecule has 9 heteroatoms. The second-order valence-electron chi connectivity index (χ2n) is 11.3. The van der Waals surface area contributed by atoms with E-state index in [2.05, 4.69) is 21.2 Å². The Hall–Kier alpha value is -3.95. The molecule has 4 aromatic carbocycles. The minimum absolute atomic E-state index is 0.0708. The summed E-state index contributed by atoms with van der Waals surface area (Å²) in [6, 6.07) is 29.7. The highest BCUT2D eigenvalue weighted by Crippen LogP contribution is 2.27. The third kappa shape index (κ3) is 9.05. The summed E-state index contributed by atoms with van der Waals surface area (Å²) < 4.78 is 30.1. The molecule has 0 radical (unpaired) electrons. The zero-order valence-electron chi connectivity index (χ0n) is 26.1. The number of nitrogens with zero attached hydrogens (tertiary/aromatic N) is 2. The molecule has 0 aliphatic rings. The number of anilines is 1. The molecule has 236 valence electrons. The molecule has 7 nitrogen and oxygen atoms in total. The lowest BCUT2D eigenvalue weighted by molar-refractivity contribution is -0.140. The molecule has 0 aliphatic carbocycles. The summed E-state index contributed by atoms with van der Waals surface area (Å²) in [5, 5.41) is 3.07. The summed E-state index contributed by atoms with van der Waals surface area (Å²) in [7, 11) is -4.16. The van der Waals surface area contributed by atoms with Crippen LogP contribution in [0.1, 0.15) is 42.5 Å². The van der Waals surface area contributed by atoms with Crippen LogP contribution in [-0.4, -0.2) is 43.8 Å². The summed E-state index contributed by atoms with van der Waals surface area (Å²) in [6.07, 6.45) is 0.989. The van der Waals surface area contributed by atoms with E-state index in [1.54, 1.807) is 48.5 Å². The van der Waals surface area contributed by atoms with Crippen molar-refractivity contribution in [2.75, 3.05) is 10.8 Å². The Morgan fingerprint density at radius 1 is 0.822 bits per heavy atom. The van der Waals surface area contributed by atoms with E-state index in [9.17, 15) is 18.0 Å². The molecule has 0 saturated carbocycles. The number of benzene rings is 4. The second kappa shape index (κ2) is 15.4. The largest absolute Gasteiger partial charge is 0.352 e. The monoisotopic (exact) mass is 689 g/mol. The Labute approximate surface area is 275 Å². The average Bonchev–Trinajstić information content (AvgIpc) is 3.02. The van der Waals surface area contributed by atoms with Gasteiger partial charge in [-0.25, -0.2) is 8.42 Å². The lowest BCUT2D eigenvalue weighted by Crippen LogP contribution is -2.54. The van der Waals surface area contributed by atoms with E-state index in [1.807, 2.05) is 82.3 Å². The van der Waals surface area contributed by atoms with Crippen LogP contribution in [0.25, 0.3) is 0 Å². The normalized spacial score (nSPS) is 12.6. The number of nitrogens with one attached hydrogen (secondary N) is 1. The second-order valence-corrected chi connectivity index (χ2v) is 14.1. The van der Waals surface area contributed by atoms with E-state index in [1.165, 1.54) is 4.90 Å². The SMILES string of the molecule is CC[C@H](C)NC(=O)[C@H](Cc1ccccc1)N(Cc1cccc(C)c1)C(=O)CN(c1cccc(Br)c1)S(=O)(=O)c1ccc(C)cc1. The lowest BCUT2D eigenvalue weighted by atomic mass is 10.0. The predicted molar refractivity (Wildman–Crippen MR) is 183 cm³/mol. The third-order valence-electron chi connectivity index (χ3n) is 7.69. The first kappa shape index (κ1) is 33.9. The van der Waals surface area contributed by atoms with Crippen molar-refractivity contribution in [3.63, 3.8) is 0 Å². The van der Waals surface area contributed by atoms with Crippen molar-refractivity contribution in [1.29, 1.82) is 0 Å². The molecule has 0 spiro atoms. The average molecular weight is 691 g/mol. The molecule has 1 N–H and O–H groups in total. The van der Waals surface area contributed by atoms with Crippen LogP contribution in [0.15, 0.2) is 112 Å². The standard InChI is InChI=1S/C36H40BrN3O4S/c1-5-28(4)38-36(42)34(22-29-12-7-6-8-13-29)39(24-30-14-9-11-27(3)21-30)35(41)25-40(32-16-10-15-31(37)23-32)45(43,44)33-19-17-26(2)18-20-33/h6-21,23,28,34H,5,22,24-25H2,1-4H3,(H,38,42)/t28-,34-/m0/s1. The van der Waals surface area contributed by atoms with Gasteiger partial charge in [-0.05, 0) is 68.7 Å². The Balaban J connectivity index is 1.81. The van der Waals surface area contributed by atoms with E-state index in [-0.39, 0.29) is 29.8 Å². The van der Waals surface area contributed by atoms with Crippen LogP contribution in [0.5, 0.6) is 0 Å². The van der Waals surface area contributed by atoms with Gasteiger partial charge in [-0.15, -0.1) is 0 Å². The van der Waals surface area contributed by atoms with Crippen molar-refractivity contribution in [2.24, 2.45) is 0 Å². The number of sulfonamides is 1. The minimum atomic E-state index is -4.16. The Morgan fingerprint density at radius 2 is 1.49 bits per heavy atom. The zero-order chi connectivity index (χ0) is 32.6. The van der Waals surface area contributed by atoms with Gasteiger partial charge in [0.25, 0.3) is 10.0 Å². The molecule has 2 atom stereocenters. The number of carbonyl (C=O) groups is 2. The number of carbonyl (C=O) groups excluding carboxylic acids is 2. The van der Waals surface area contributed by atoms with Gasteiger partial charge in [-0.2, -0.15) is 0 Å². The van der Waals surface area contributed by atoms with Crippen molar-refractivity contribution >= 4 is 43.5 Å². The van der Waals surface area contributed by atoms with Crippen molar-refractivity contribution < 1.29 is 18.0 Å². The van der Waals surface area contributed by atoms with Crippen molar-refractivity contribution in [2.45, 2.75) is 64.1 Å². The van der Waals surface area contributed by atoms with Crippen LogP contribution >= 0.6 is 15.9 Å². The highest BCUT2D eigenvalue weighted by atomic mass is 79.9. The van der Waals surface area contributed by atoms with E-state index in [0.717, 1.165) is 33.0 Å². The van der Waals surface area contributed by atoms with Gasteiger partial charge in [0.2, 0.25) is 11.8 Å². The molecular formula is C36H40BrN3O4S. The summed E-state index contributed by atoms with van der Waals surface area (Å²) in [5.74, 6) is -0.781. The zero-order valence-corrected chi connectivity index (χ0v) is 28.5. The van der Waals surface area contributed by atoms with E-state index in [0.29, 0.717) is 10.2 Å². The van der Waals surface area contributed by atoms with Gasteiger partial charge >= 0.3 is 0 Å². The number of aryl methyl sites for hydroxylation is 2. The van der Waals surface area contributed by atoms with E-state index >= 15 is 0 Å². The van der Waals surface area contributed by atoms with Crippen LogP contribution in [0.3, 0.4) is 0 Å². The molecule has 0 heterocycles. The first-order valence-electron chi connectivity index (χ1n) is 15.0. The van der Waals surface area contributed by atoms with Gasteiger partial charge in [0.15, 0.2) is 0 Å². The highest BCUT2D eigenvalue weighted by Gasteiger charge is 2.35. The molecule has 4 rings (SSSR count). The quantitative estimate of drug-likeness (QED) is 0.167. The number of hydrogen-bond acceptors (Lipinski definition) is 4. The van der Waals surface area contributed by atoms with Crippen LogP contribution in [0.2, 0.25) is 0 Å². The van der Waals surface area contributed by atoms with Gasteiger partial charge in [0.05, 0.1) is 10.6 Å². The van der Waals surface area contributed by atoms with Gasteiger partial charge < -0.3 is 10.2 Å². The number of hydrogen-bond donors (Lipinski definition) is 1. The number of rotatable bonds is 13. The van der Waals surface area contributed by atoms with Crippen molar-refractivity contribution in [3.05, 3.63) is 130 Å². The van der Waals surface area contributed by atoms with Crippen molar-refractivity contribution in [1.82, 2.24) is 10.2 Å². The molecular weight excluding hydrogens is 650 g/mol. The molecule has 0 fully saturated rings. The first-order valence-corrected chi connectivity index (χ1v) is 17.3. The van der Waals surface area contributed by atoms with Gasteiger partial charge in [-0.3, -0.25) is 13.9 Å². The fourth-order valence-electron chi connectivity index (χ4n) is 5.00. The molecule has 0 aromatic heterocycles. The summed E-state index contributed by atoms with van der Waals surface area (Å²) in [6.45, 7) is 7.39. The molecule has 0 saturated heterocycles. The fourth-order valence-corrected chi connectivity index (χ4v) is 6.79. The Kier molecular flexibility index (Phi) is 11.6. The topological polar surface area (TPSA) is 86.8 Å². The van der Waals surface area contributed by atoms with Gasteiger partial charge in [0, 0.05) is 23.5 Å². The Bertz CT molecular complexity index is 1710. The van der Waals surface area contributed by atoms with E-state index < -0.39 is 28.5 Å². The summed E-state index contributed by atoms with van der Waals surface area (Å²) in [4.78, 5) is 30.1. The fraction of sp³-hybridized carbons (Fsp3) is 0.278. The van der Waals surface area contributed by atoms with Crippen LogP contribution in [0.4, 0.5) is 5.69 Å². The molecule has 4 aromatic rings. The van der Waals surface area contributed by atoms with Crippen LogP contribution in [0, 0.1) is 13.8 Å². The molecule has 0 aliphatic heterocycles. The smallest absolute Gasteiger partial charge is 0.264 e. The van der Waals surface area contributed by atoms with Crippen LogP contribution < -0.4 is 9.62 Å². The molecule has 45 heavy (non-hydrogen) atoms. The number of halogens is 1. The maximum atomic E-state index is 14.6. The highest BCUT2D eigenvalue weighted by molar-refractivity contribution is 9.10. The Morgan fingerprint density at radius 3 is 2.13 bits per heavy atom. The number of amides is 2. The molecule has 0 unspecified atom stereocenters. The minimum Gasteiger partial charge on any atom is -0.352 e. The summed E-state index contributed by atoms with van der Waals surface area (Å²) >= 11 is 3.45. The summed E-state index contributed by atoms with van der Waals surface area (Å²) in [5.41, 5.74) is 3.99. The maximum Gasteiger partial charge on any atom is 0.264 e.